The predicted octanol–water partition coefficient (Wildman–Crippen LogP) is 3.28. The highest BCUT2D eigenvalue weighted by Crippen LogP contribution is 2.32. The van der Waals surface area contributed by atoms with Crippen molar-refractivity contribution >= 4 is 17.6 Å². The zero-order chi connectivity index (χ0) is 17.9. The van der Waals surface area contributed by atoms with E-state index in [0.717, 1.165) is 16.8 Å². The Morgan fingerprint density at radius 1 is 1.38 bits per heavy atom. The van der Waals surface area contributed by atoms with Crippen molar-refractivity contribution in [3.8, 4) is 5.88 Å². The number of methoxy groups -OCH3 is 1. The molecule has 0 aliphatic heterocycles. The van der Waals surface area contributed by atoms with Gasteiger partial charge in [0.1, 0.15) is 0 Å². The maximum atomic E-state index is 12.6. The minimum Gasteiger partial charge on any atom is -0.477 e. The molecule has 130 valence electrons. The van der Waals surface area contributed by atoms with Crippen LogP contribution in [0.2, 0.25) is 5.02 Å². The Morgan fingerprint density at radius 3 is 2.62 bits per heavy atom. The molecule has 0 bridgehead atoms. The van der Waals surface area contributed by atoms with E-state index in [1.165, 1.54) is 19.2 Å². The quantitative estimate of drug-likeness (QED) is 0.796. The van der Waals surface area contributed by atoms with E-state index in [9.17, 15) is 23.1 Å². The maximum Gasteiger partial charge on any atom is 0.416 e. The van der Waals surface area contributed by atoms with Gasteiger partial charge in [-0.3, -0.25) is 0 Å². The summed E-state index contributed by atoms with van der Waals surface area (Å²) in [7, 11) is 1.39. The summed E-state index contributed by atoms with van der Waals surface area (Å²) in [6, 6.07) is 4.00. The van der Waals surface area contributed by atoms with Crippen LogP contribution in [0.4, 0.5) is 13.2 Å². The lowest BCUT2D eigenvalue weighted by Crippen LogP contribution is -2.12. The maximum absolute atomic E-state index is 12.6. The number of rotatable bonds is 6. The third-order valence-corrected chi connectivity index (χ3v) is 3.35. The fourth-order valence-corrected chi connectivity index (χ4v) is 2.13. The van der Waals surface area contributed by atoms with Crippen molar-refractivity contribution in [3.63, 3.8) is 0 Å². The largest absolute Gasteiger partial charge is 0.477 e. The van der Waals surface area contributed by atoms with Crippen molar-refractivity contribution in [1.82, 2.24) is 9.78 Å². The highest BCUT2D eigenvalue weighted by Gasteiger charge is 2.31. The van der Waals surface area contributed by atoms with E-state index in [1.54, 1.807) is 0 Å². The van der Waals surface area contributed by atoms with Crippen LogP contribution in [0.1, 0.15) is 21.6 Å². The van der Waals surface area contributed by atoms with E-state index in [2.05, 4.69) is 5.10 Å². The molecule has 0 unspecified atom stereocenters. The van der Waals surface area contributed by atoms with Crippen molar-refractivity contribution < 1.29 is 32.5 Å². The Labute approximate surface area is 139 Å². The summed E-state index contributed by atoms with van der Waals surface area (Å²) >= 11 is 5.87. The van der Waals surface area contributed by atoms with Crippen LogP contribution in [-0.2, 0) is 17.5 Å². The second kappa shape index (κ2) is 7.10. The lowest BCUT2D eigenvalue weighted by atomic mass is 10.1. The van der Waals surface area contributed by atoms with Gasteiger partial charge < -0.3 is 14.6 Å². The third kappa shape index (κ3) is 4.18. The summed E-state index contributed by atoms with van der Waals surface area (Å²) in [4.78, 5) is 11.2. The second-order valence-corrected chi connectivity index (χ2v) is 5.09. The zero-order valence-electron chi connectivity index (χ0n) is 12.3. The first-order valence-corrected chi connectivity index (χ1v) is 6.88. The molecule has 10 heteroatoms. The molecular formula is C14H12ClF3N2O4. The Balaban J connectivity index is 2.30. The summed E-state index contributed by atoms with van der Waals surface area (Å²) in [5.41, 5.74) is -0.801. The van der Waals surface area contributed by atoms with Gasteiger partial charge in [0.15, 0.2) is 12.5 Å². The Hall–Kier alpha value is -2.26. The molecule has 1 aromatic carbocycles. The van der Waals surface area contributed by atoms with E-state index in [1.807, 2.05) is 0 Å². The Bertz CT molecular complexity index is 746. The number of alkyl halides is 3. The first kappa shape index (κ1) is 18.1. The number of carboxylic acid groups (broad SMARTS) is 1. The molecule has 0 aliphatic carbocycles. The van der Waals surface area contributed by atoms with Gasteiger partial charge in [-0.1, -0.05) is 17.7 Å². The van der Waals surface area contributed by atoms with Crippen molar-refractivity contribution in [3.05, 3.63) is 46.1 Å². The van der Waals surface area contributed by atoms with Crippen LogP contribution >= 0.6 is 11.6 Å². The smallest absolute Gasteiger partial charge is 0.416 e. The van der Waals surface area contributed by atoms with Crippen LogP contribution in [0, 0.1) is 0 Å². The molecule has 0 spiro atoms. The van der Waals surface area contributed by atoms with Gasteiger partial charge in [-0.2, -0.15) is 13.2 Å². The first-order chi connectivity index (χ1) is 11.2. The number of halogens is 4. The molecule has 0 amide bonds. The van der Waals surface area contributed by atoms with Gasteiger partial charge in [0.25, 0.3) is 0 Å². The third-order valence-electron chi connectivity index (χ3n) is 3.00. The van der Waals surface area contributed by atoms with Gasteiger partial charge in [0.2, 0.25) is 5.88 Å². The number of benzene rings is 1. The number of hydrogen-bond acceptors (Lipinski definition) is 4. The fraction of sp³-hybridized carbons (Fsp3) is 0.286. The van der Waals surface area contributed by atoms with E-state index in [4.69, 9.17) is 21.1 Å². The first-order valence-electron chi connectivity index (χ1n) is 6.51. The zero-order valence-corrected chi connectivity index (χ0v) is 13.1. The van der Waals surface area contributed by atoms with Gasteiger partial charge in [0, 0.05) is 18.2 Å². The summed E-state index contributed by atoms with van der Waals surface area (Å²) < 4.78 is 48.7. The second-order valence-electron chi connectivity index (χ2n) is 4.69. The number of nitrogens with zero attached hydrogens (tertiary/aromatic N) is 2. The van der Waals surface area contributed by atoms with Crippen molar-refractivity contribution in [2.45, 2.75) is 12.7 Å². The number of ether oxygens (including phenoxy) is 2. The number of hydrogen-bond donors (Lipinski definition) is 1. The van der Waals surface area contributed by atoms with E-state index >= 15 is 0 Å². The minimum absolute atomic E-state index is 0.0114. The predicted molar refractivity (Wildman–Crippen MR) is 77.2 cm³/mol. The molecular weight excluding hydrogens is 353 g/mol. The van der Waals surface area contributed by atoms with Crippen LogP contribution in [-0.4, -0.2) is 34.8 Å². The Kier molecular flexibility index (Phi) is 5.35. The number of carbonyl (C=O) groups is 1. The fourth-order valence-electron chi connectivity index (χ4n) is 1.89. The van der Waals surface area contributed by atoms with Gasteiger partial charge in [-0.25, -0.2) is 9.48 Å². The molecule has 0 saturated carbocycles. The topological polar surface area (TPSA) is 73.6 Å². The van der Waals surface area contributed by atoms with Gasteiger partial charge in [-0.05, 0) is 17.7 Å². The van der Waals surface area contributed by atoms with Crippen LogP contribution in [0.5, 0.6) is 5.88 Å². The molecule has 1 aromatic heterocycles. The highest BCUT2D eigenvalue weighted by atomic mass is 35.5. The molecule has 0 fully saturated rings. The molecule has 2 rings (SSSR count). The number of aromatic nitrogens is 2. The number of aromatic carboxylic acids is 1. The van der Waals surface area contributed by atoms with Gasteiger partial charge in [0.05, 0.1) is 12.1 Å². The van der Waals surface area contributed by atoms with E-state index < -0.39 is 17.7 Å². The molecule has 2 aromatic rings. The lowest BCUT2D eigenvalue weighted by Gasteiger charge is -2.10. The van der Waals surface area contributed by atoms with Crippen molar-refractivity contribution in [2.75, 3.05) is 13.9 Å². The monoisotopic (exact) mass is 364 g/mol. The summed E-state index contributed by atoms with van der Waals surface area (Å²) in [5.74, 6) is -1.25. The number of carboxylic acids is 1. The van der Waals surface area contributed by atoms with Gasteiger partial charge in [-0.15, -0.1) is 5.10 Å². The summed E-state index contributed by atoms with van der Waals surface area (Å²) in [6.07, 6.45) is -4.51. The van der Waals surface area contributed by atoms with Crippen LogP contribution in [0.3, 0.4) is 0 Å². The molecule has 0 atom stereocenters. The molecule has 1 N–H and O–H groups in total. The van der Waals surface area contributed by atoms with Crippen LogP contribution in [0.15, 0.2) is 24.3 Å². The average molecular weight is 365 g/mol. The molecule has 24 heavy (non-hydrogen) atoms. The summed E-state index contributed by atoms with van der Waals surface area (Å²) in [5, 5.41) is 13.0. The SMILES string of the molecule is COCOc1cc(C(=O)O)n(Cc2ccc(C(F)(F)F)cc2Cl)n1. The molecule has 0 saturated heterocycles. The van der Waals surface area contributed by atoms with E-state index in [0.29, 0.717) is 0 Å². The van der Waals surface area contributed by atoms with Crippen molar-refractivity contribution in [1.29, 1.82) is 0 Å². The van der Waals surface area contributed by atoms with E-state index in [-0.39, 0.29) is 35.5 Å². The molecule has 1 heterocycles. The normalized spacial score (nSPS) is 11.5. The molecule has 6 nitrogen and oxygen atoms in total. The van der Waals surface area contributed by atoms with Gasteiger partial charge >= 0.3 is 12.1 Å². The lowest BCUT2D eigenvalue weighted by molar-refractivity contribution is -0.137. The van der Waals surface area contributed by atoms with Crippen LogP contribution < -0.4 is 4.74 Å². The summed E-state index contributed by atoms with van der Waals surface area (Å²) in [6.45, 7) is -0.258. The molecule has 0 aliphatic rings. The minimum atomic E-state index is -4.51. The van der Waals surface area contributed by atoms with Crippen molar-refractivity contribution in [2.24, 2.45) is 0 Å². The molecule has 0 radical (unpaired) electrons. The average Bonchev–Trinajstić information content (AvgIpc) is 2.89. The Morgan fingerprint density at radius 2 is 2.08 bits per heavy atom. The standard InChI is InChI=1S/C14H12ClF3N2O4/c1-23-7-24-12-5-11(13(21)22)20(19-12)6-8-2-3-9(4-10(8)15)14(16,17)18/h2-5H,6-7H2,1H3,(H,21,22). The van der Waals surface area contributed by atoms with Crippen LogP contribution in [0.25, 0.3) is 0 Å². The highest BCUT2D eigenvalue weighted by molar-refractivity contribution is 6.31.